The van der Waals surface area contributed by atoms with E-state index in [1.54, 1.807) is 25.1 Å². The highest BCUT2D eigenvalue weighted by Crippen LogP contribution is 2.43. The first-order chi connectivity index (χ1) is 13.0. The smallest absolute Gasteiger partial charge is 0.262 e. The zero-order valence-corrected chi connectivity index (χ0v) is 16.7. The highest BCUT2D eigenvalue weighted by molar-refractivity contribution is 8.16. The fourth-order valence-electron chi connectivity index (χ4n) is 2.77. The molecule has 2 aromatic rings. The second-order valence-corrected chi connectivity index (χ2v) is 8.95. The van der Waals surface area contributed by atoms with Crippen molar-refractivity contribution < 1.29 is 14.3 Å². The second kappa shape index (κ2) is 9.19. The predicted octanol–water partition coefficient (Wildman–Crippen LogP) is 3.98. The number of carbonyl (C=O) groups excluding carboxylic acids is 2. The summed E-state index contributed by atoms with van der Waals surface area (Å²) in [5.74, 6) is 2.33. The van der Waals surface area contributed by atoms with Crippen LogP contribution in [0.1, 0.15) is 32.5 Å². The Morgan fingerprint density at radius 3 is 2.48 bits per heavy atom. The van der Waals surface area contributed by atoms with Gasteiger partial charge < -0.3 is 15.8 Å². The van der Waals surface area contributed by atoms with Gasteiger partial charge in [0.1, 0.15) is 5.75 Å². The van der Waals surface area contributed by atoms with Gasteiger partial charge in [0.25, 0.3) is 5.91 Å². The number of thioether (sulfide) groups is 2. The molecule has 0 aliphatic carbocycles. The number of aryl methyl sites for hydroxylation is 1. The van der Waals surface area contributed by atoms with Gasteiger partial charge >= 0.3 is 0 Å². The first-order valence-corrected chi connectivity index (χ1v) is 10.8. The first kappa shape index (κ1) is 19.6. The van der Waals surface area contributed by atoms with Gasteiger partial charge in [-0.2, -0.15) is 0 Å². The molecule has 0 atom stereocenters. The molecule has 0 bridgehead atoms. The molecule has 2 aromatic carbocycles. The van der Waals surface area contributed by atoms with Crippen molar-refractivity contribution in [1.82, 2.24) is 0 Å². The Hall–Kier alpha value is -2.12. The van der Waals surface area contributed by atoms with Crippen LogP contribution in [0.4, 0.5) is 5.69 Å². The quantitative estimate of drug-likeness (QED) is 0.764. The van der Waals surface area contributed by atoms with Crippen LogP contribution in [0.25, 0.3) is 0 Å². The maximum absolute atomic E-state index is 12.1. The molecule has 7 heteroatoms. The average molecular weight is 403 g/mol. The fourth-order valence-corrected chi connectivity index (χ4v) is 5.66. The lowest BCUT2D eigenvalue weighted by Crippen LogP contribution is -2.20. The zero-order chi connectivity index (χ0) is 19.2. The van der Waals surface area contributed by atoms with Gasteiger partial charge in [-0.25, -0.2) is 0 Å². The molecule has 0 saturated carbocycles. The maximum Gasteiger partial charge on any atom is 0.262 e. The number of benzene rings is 2. The third-order valence-corrected chi connectivity index (χ3v) is 7.14. The summed E-state index contributed by atoms with van der Waals surface area (Å²) in [6.45, 7) is 1.69. The van der Waals surface area contributed by atoms with Crippen LogP contribution in [0.15, 0.2) is 42.5 Å². The lowest BCUT2D eigenvalue weighted by atomic mass is 10.1. The monoisotopic (exact) mass is 402 g/mol. The molecular formula is C20H22N2O3S2. The number of amides is 2. The molecule has 1 aliphatic heterocycles. The topological polar surface area (TPSA) is 81.4 Å². The Balaban J connectivity index is 1.51. The summed E-state index contributed by atoms with van der Waals surface area (Å²) in [4.78, 5) is 23.3. The zero-order valence-electron chi connectivity index (χ0n) is 15.1. The highest BCUT2D eigenvalue weighted by atomic mass is 32.2. The van der Waals surface area contributed by atoms with Crippen molar-refractivity contribution >= 4 is 41.0 Å². The third-order valence-electron chi connectivity index (χ3n) is 4.12. The molecule has 27 heavy (non-hydrogen) atoms. The van der Waals surface area contributed by atoms with E-state index in [9.17, 15) is 9.59 Å². The number of nitrogens with one attached hydrogen (secondary N) is 1. The number of anilines is 1. The van der Waals surface area contributed by atoms with Crippen LogP contribution in [-0.4, -0.2) is 29.9 Å². The Morgan fingerprint density at radius 2 is 1.85 bits per heavy atom. The van der Waals surface area contributed by atoms with Crippen LogP contribution < -0.4 is 15.8 Å². The molecule has 1 heterocycles. The van der Waals surface area contributed by atoms with Crippen molar-refractivity contribution in [3.63, 3.8) is 0 Å². The Morgan fingerprint density at radius 1 is 1.15 bits per heavy atom. The Kier molecular flexibility index (Phi) is 6.68. The van der Waals surface area contributed by atoms with Crippen LogP contribution in [0.5, 0.6) is 5.75 Å². The molecular weight excluding hydrogens is 380 g/mol. The van der Waals surface area contributed by atoms with Crippen molar-refractivity contribution in [2.24, 2.45) is 5.73 Å². The van der Waals surface area contributed by atoms with E-state index in [0.717, 1.165) is 5.56 Å². The van der Waals surface area contributed by atoms with Gasteiger partial charge in [-0.15, -0.1) is 23.5 Å². The lowest BCUT2D eigenvalue weighted by molar-refractivity contribution is -0.118. The summed E-state index contributed by atoms with van der Waals surface area (Å²) in [6, 6.07) is 12.9. The normalized spacial score (nSPS) is 14.6. The number of carbonyl (C=O) groups is 2. The Labute approximate surface area is 167 Å². The minimum Gasteiger partial charge on any atom is -0.484 e. The van der Waals surface area contributed by atoms with E-state index in [0.29, 0.717) is 21.6 Å². The van der Waals surface area contributed by atoms with Crippen molar-refractivity contribution in [1.29, 1.82) is 0 Å². The number of nitrogens with two attached hydrogens (primary N) is 1. The van der Waals surface area contributed by atoms with Crippen LogP contribution in [0, 0.1) is 6.92 Å². The standard InChI is InChI=1S/C20H22N2O3S2/c1-13-11-15(5-8-17(13)19(21)24)22-18(23)12-25-16-6-3-14(4-7-16)20-26-9-2-10-27-20/h3-8,11,20H,2,9-10,12H2,1H3,(H2,21,24)(H,22,23). The van der Waals surface area contributed by atoms with Crippen molar-refractivity contribution in [3.8, 4) is 5.75 Å². The van der Waals surface area contributed by atoms with E-state index in [1.807, 2.05) is 35.7 Å². The SMILES string of the molecule is Cc1cc(NC(=O)COc2ccc(C3SCCCS3)cc2)ccc1C(N)=O. The summed E-state index contributed by atoms with van der Waals surface area (Å²) in [5.41, 5.74) is 8.34. The maximum atomic E-state index is 12.1. The molecule has 0 unspecified atom stereocenters. The average Bonchev–Trinajstić information content (AvgIpc) is 2.67. The van der Waals surface area contributed by atoms with Crippen LogP contribution in [0.3, 0.4) is 0 Å². The molecule has 0 radical (unpaired) electrons. The number of ether oxygens (including phenoxy) is 1. The Bertz CT molecular complexity index is 818. The summed E-state index contributed by atoms with van der Waals surface area (Å²) in [7, 11) is 0. The second-order valence-electron chi connectivity index (χ2n) is 6.23. The van der Waals surface area contributed by atoms with Gasteiger partial charge in [-0.3, -0.25) is 9.59 Å². The highest BCUT2D eigenvalue weighted by Gasteiger charge is 2.16. The summed E-state index contributed by atoms with van der Waals surface area (Å²) in [5, 5.41) is 2.76. The minimum absolute atomic E-state index is 0.0805. The van der Waals surface area contributed by atoms with E-state index >= 15 is 0 Å². The van der Waals surface area contributed by atoms with Crippen molar-refractivity contribution in [2.75, 3.05) is 23.4 Å². The van der Waals surface area contributed by atoms with Crippen molar-refractivity contribution in [2.45, 2.75) is 17.9 Å². The van der Waals surface area contributed by atoms with Crippen LogP contribution in [0.2, 0.25) is 0 Å². The molecule has 2 amide bonds. The molecule has 1 fully saturated rings. The molecule has 3 rings (SSSR count). The summed E-state index contributed by atoms with van der Waals surface area (Å²) < 4.78 is 6.06. The molecule has 142 valence electrons. The number of hydrogen-bond donors (Lipinski definition) is 2. The third kappa shape index (κ3) is 5.43. The molecule has 1 saturated heterocycles. The molecule has 0 spiro atoms. The van der Waals surface area contributed by atoms with Gasteiger partial charge in [-0.05, 0) is 66.3 Å². The first-order valence-electron chi connectivity index (χ1n) is 8.69. The minimum atomic E-state index is -0.484. The number of rotatable bonds is 6. The number of hydrogen-bond acceptors (Lipinski definition) is 5. The number of primary amides is 1. The summed E-state index contributed by atoms with van der Waals surface area (Å²) >= 11 is 3.95. The van der Waals surface area contributed by atoms with Gasteiger partial charge in [0.05, 0.1) is 4.58 Å². The molecule has 3 N–H and O–H groups in total. The van der Waals surface area contributed by atoms with Gasteiger partial charge in [-0.1, -0.05) is 12.1 Å². The van der Waals surface area contributed by atoms with Crippen molar-refractivity contribution in [3.05, 3.63) is 59.2 Å². The fraction of sp³-hybridized carbons (Fsp3) is 0.300. The predicted molar refractivity (Wildman–Crippen MR) is 113 cm³/mol. The van der Waals surface area contributed by atoms with Gasteiger partial charge in [0.15, 0.2) is 6.61 Å². The molecule has 1 aliphatic rings. The van der Waals surface area contributed by atoms with E-state index in [2.05, 4.69) is 17.4 Å². The van der Waals surface area contributed by atoms with E-state index < -0.39 is 5.91 Å². The van der Waals surface area contributed by atoms with E-state index in [-0.39, 0.29) is 12.5 Å². The van der Waals surface area contributed by atoms with Gasteiger partial charge in [0.2, 0.25) is 5.91 Å². The molecule has 0 aromatic heterocycles. The largest absolute Gasteiger partial charge is 0.484 e. The van der Waals surface area contributed by atoms with Crippen LogP contribution >= 0.6 is 23.5 Å². The lowest BCUT2D eigenvalue weighted by Gasteiger charge is -2.21. The summed E-state index contributed by atoms with van der Waals surface area (Å²) in [6.07, 6.45) is 1.27. The van der Waals surface area contributed by atoms with E-state index in [4.69, 9.17) is 10.5 Å². The molecule has 5 nitrogen and oxygen atoms in total. The van der Waals surface area contributed by atoms with Gasteiger partial charge in [0, 0.05) is 11.3 Å². The van der Waals surface area contributed by atoms with E-state index in [1.165, 1.54) is 23.5 Å². The van der Waals surface area contributed by atoms with Crippen LogP contribution in [-0.2, 0) is 4.79 Å².